The lowest BCUT2D eigenvalue weighted by Gasteiger charge is -2.16. The van der Waals surface area contributed by atoms with Crippen LogP contribution < -0.4 is 5.32 Å². The first kappa shape index (κ1) is 27.9. The predicted molar refractivity (Wildman–Crippen MR) is 208 cm³/mol. The summed E-state index contributed by atoms with van der Waals surface area (Å²) in [5.41, 5.74) is 13.3. The Morgan fingerprint density at radius 1 is 0.500 bits per heavy atom. The van der Waals surface area contributed by atoms with Crippen LogP contribution in [0.1, 0.15) is 5.56 Å². The molecule has 48 heavy (non-hydrogen) atoms. The summed E-state index contributed by atoms with van der Waals surface area (Å²) >= 11 is 5.43. The molecular weight excluding hydrogens is 643 g/mol. The van der Waals surface area contributed by atoms with Gasteiger partial charge in [0.15, 0.2) is 0 Å². The third-order valence-electron chi connectivity index (χ3n) is 9.50. The molecule has 2 atom stereocenters. The summed E-state index contributed by atoms with van der Waals surface area (Å²) in [6.45, 7) is 0. The maximum absolute atomic E-state index is 3.80. The fourth-order valence-corrected chi connectivity index (χ4v) is 9.91. The van der Waals surface area contributed by atoms with E-state index in [1.54, 1.807) is 0 Å². The summed E-state index contributed by atoms with van der Waals surface area (Å²) in [7, 11) is 0. The predicted octanol–water partition coefficient (Wildman–Crippen LogP) is 12.2. The van der Waals surface area contributed by atoms with Crippen LogP contribution in [0, 0.1) is 5.92 Å². The van der Waals surface area contributed by atoms with Crippen LogP contribution in [0.5, 0.6) is 0 Å². The molecule has 8 aromatic rings. The average Bonchev–Trinajstić information content (AvgIpc) is 3.97. The van der Waals surface area contributed by atoms with Gasteiger partial charge in [-0.1, -0.05) is 66.8 Å². The van der Waals surface area contributed by atoms with Gasteiger partial charge in [0.25, 0.3) is 0 Å². The molecular formula is C42H29N3S3. The van der Waals surface area contributed by atoms with Gasteiger partial charge in [-0.15, -0.1) is 34.0 Å². The molecule has 0 spiro atoms. The van der Waals surface area contributed by atoms with Crippen LogP contribution in [0.2, 0.25) is 0 Å². The SMILES string of the molecule is C1=CC2C=C(c3ccsc3-c3cc(-c4sccc4-c4cc5ccccc5[nH]4)cc(-c4sccc4-c4cc5ccccc5[nH]4)c3)NC2C=C1. The number of H-pyrrole nitrogens is 2. The number of benzene rings is 3. The van der Waals surface area contributed by atoms with Crippen molar-refractivity contribution in [3.63, 3.8) is 0 Å². The second kappa shape index (κ2) is 11.2. The molecule has 6 heteroatoms. The Kier molecular flexibility index (Phi) is 6.54. The Balaban J connectivity index is 1.14. The van der Waals surface area contributed by atoms with E-state index in [2.05, 4.69) is 159 Å². The molecule has 10 rings (SSSR count). The van der Waals surface area contributed by atoms with Crippen LogP contribution in [-0.2, 0) is 0 Å². The van der Waals surface area contributed by atoms with E-state index in [0.717, 1.165) is 22.4 Å². The first-order valence-electron chi connectivity index (χ1n) is 16.1. The van der Waals surface area contributed by atoms with Gasteiger partial charge in [-0.25, -0.2) is 0 Å². The molecule has 6 heterocycles. The van der Waals surface area contributed by atoms with Gasteiger partial charge in [-0.05, 0) is 93.5 Å². The molecule has 5 aromatic heterocycles. The third-order valence-corrected chi connectivity index (χ3v) is 12.4. The van der Waals surface area contributed by atoms with E-state index in [9.17, 15) is 0 Å². The van der Waals surface area contributed by atoms with Gasteiger partial charge < -0.3 is 15.3 Å². The van der Waals surface area contributed by atoms with Crippen molar-refractivity contribution in [1.29, 1.82) is 0 Å². The highest BCUT2D eigenvalue weighted by Crippen LogP contribution is 2.46. The zero-order chi connectivity index (χ0) is 31.6. The van der Waals surface area contributed by atoms with E-state index < -0.39 is 0 Å². The maximum atomic E-state index is 3.80. The number of nitrogens with one attached hydrogen (secondary N) is 3. The van der Waals surface area contributed by atoms with Crippen LogP contribution >= 0.6 is 34.0 Å². The zero-order valence-electron chi connectivity index (χ0n) is 25.7. The Bertz CT molecular complexity index is 2380. The largest absolute Gasteiger partial charge is 0.378 e. The number of aromatic amines is 2. The van der Waals surface area contributed by atoms with Gasteiger partial charge in [-0.2, -0.15) is 0 Å². The van der Waals surface area contributed by atoms with Crippen molar-refractivity contribution in [2.75, 3.05) is 0 Å². The highest BCUT2D eigenvalue weighted by Gasteiger charge is 2.27. The van der Waals surface area contributed by atoms with Crippen molar-refractivity contribution in [2.24, 2.45) is 5.92 Å². The van der Waals surface area contributed by atoms with Crippen molar-refractivity contribution in [1.82, 2.24) is 15.3 Å². The quantitative estimate of drug-likeness (QED) is 0.162. The molecule has 230 valence electrons. The van der Waals surface area contributed by atoms with Crippen LogP contribution in [0.3, 0.4) is 0 Å². The molecule has 0 saturated heterocycles. The molecule has 0 radical (unpaired) electrons. The minimum atomic E-state index is 0.314. The number of allylic oxidation sites excluding steroid dienone is 2. The van der Waals surface area contributed by atoms with Crippen molar-refractivity contribution in [2.45, 2.75) is 6.04 Å². The first-order valence-corrected chi connectivity index (χ1v) is 18.8. The highest BCUT2D eigenvalue weighted by molar-refractivity contribution is 7.15. The molecule has 0 amide bonds. The lowest BCUT2D eigenvalue weighted by Crippen LogP contribution is -2.25. The van der Waals surface area contributed by atoms with E-state index in [4.69, 9.17) is 0 Å². The molecule has 1 aliphatic heterocycles. The lowest BCUT2D eigenvalue weighted by atomic mass is 9.96. The first-order chi connectivity index (χ1) is 23.7. The number of hydrogen-bond donors (Lipinski definition) is 3. The van der Waals surface area contributed by atoms with Crippen molar-refractivity contribution < 1.29 is 0 Å². The molecule has 0 saturated carbocycles. The van der Waals surface area contributed by atoms with E-state index in [1.807, 2.05) is 34.0 Å². The lowest BCUT2D eigenvalue weighted by molar-refractivity contribution is 0.654. The molecule has 2 aliphatic rings. The summed E-state index contributed by atoms with van der Waals surface area (Å²) in [5, 5.41) is 12.9. The summed E-state index contributed by atoms with van der Waals surface area (Å²) in [6.07, 6.45) is 11.3. The van der Waals surface area contributed by atoms with Crippen molar-refractivity contribution in [3.8, 4) is 53.8 Å². The van der Waals surface area contributed by atoms with Gasteiger partial charge >= 0.3 is 0 Å². The number of rotatable bonds is 6. The van der Waals surface area contributed by atoms with Gasteiger partial charge in [0.2, 0.25) is 0 Å². The Hall–Kier alpha value is -5.14. The van der Waals surface area contributed by atoms with E-state index >= 15 is 0 Å². The standard InChI is InChI=1S/C42H29N3S3/c1-4-10-34-25(7-1)22-37(43-34)31-13-16-46-40(31)28-19-29(41-32(14-17-47-41)38-23-26-8-2-5-11-35(26)44-38)21-30(20-28)42-33(15-18-48-42)39-24-27-9-3-6-12-36(27)45-39/h1-25,34,43-45H. The minimum Gasteiger partial charge on any atom is -0.378 e. The summed E-state index contributed by atoms with van der Waals surface area (Å²) in [5.74, 6) is 0.384. The number of para-hydroxylation sites is 2. The summed E-state index contributed by atoms with van der Waals surface area (Å²) in [4.78, 5) is 11.2. The van der Waals surface area contributed by atoms with Crippen molar-refractivity contribution in [3.05, 3.63) is 149 Å². The van der Waals surface area contributed by atoms with Crippen LogP contribution in [0.4, 0.5) is 0 Å². The molecule has 2 unspecified atom stereocenters. The number of fused-ring (bicyclic) bond motifs is 3. The number of hydrogen-bond acceptors (Lipinski definition) is 4. The maximum Gasteiger partial charge on any atom is 0.0545 e. The fourth-order valence-electron chi connectivity index (χ4n) is 7.21. The number of aromatic nitrogens is 2. The minimum absolute atomic E-state index is 0.314. The van der Waals surface area contributed by atoms with Crippen LogP contribution in [0.15, 0.2) is 144 Å². The molecule has 0 bridgehead atoms. The van der Waals surface area contributed by atoms with E-state index in [1.165, 1.54) is 64.5 Å². The highest BCUT2D eigenvalue weighted by atomic mass is 32.1. The Morgan fingerprint density at radius 3 is 1.54 bits per heavy atom. The Morgan fingerprint density at radius 2 is 1.00 bits per heavy atom. The van der Waals surface area contributed by atoms with Gasteiger partial charge in [-0.3, -0.25) is 0 Å². The smallest absolute Gasteiger partial charge is 0.0545 e. The third kappa shape index (κ3) is 4.67. The second-order valence-electron chi connectivity index (χ2n) is 12.4. The van der Waals surface area contributed by atoms with Gasteiger partial charge in [0.05, 0.1) is 6.04 Å². The second-order valence-corrected chi connectivity index (χ2v) is 15.2. The van der Waals surface area contributed by atoms with Crippen LogP contribution in [0.25, 0.3) is 81.3 Å². The molecule has 3 aromatic carbocycles. The van der Waals surface area contributed by atoms with Crippen LogP contribution in [-0.4, -0.2) is 16.0 Å². The molecule has 3 N–H and O–H groups in total. The zero-order valence-corrected chi connectivity index (χ0v) is 28.2. The monoisotopic (exact) mass is 671 g/mol. The topological polar surface area (TPSA) is 43.6 Å². The molecule has 0 fully saturated rings. The fraction of sp³-hybridized carbons (Fsp3) is 0.0476. The molecule has 1 aliphatic carbocycles. The normalized spacial score (nSPS) is 16.9. The number of thiophene rings is 3. The summed E-state index contributed by atoms with van der Waals surface area (Å²) < 4.78 is 0. The van der Waals surface area contributed by atoms with Crippen molar-refractivity contribution >= 4 is 61.5 Å². The van der Waals surface area contributed by atoms with E-state index in [0.29, 0.717) is 12.0 Å². The average molecular weight is 672 g/mol. The molecule has 3 nitrogen and oxygen atoms in total. The Labute approximate surface area is 290 Å². The van der Waals surface area contributed by atoms with Gasteiger partial charge in [0.1, 0.15) is 0 Å². The van der Waals surface area contributed by atoms with E-state index in [-0.39, 0.29) is 0 Å². The van der Waals surface area contributed by atoms with Gasteiger partial charge in [0, 0.05) is 76.1 Å². The summed E-state index contributed by atoms with van der Waals surface area (Å²) in [6, 6.07) is 35.9.